The first-order chi connectivity index (χ1) is 12.2. The van der Waals surface area contributed by atoms with E-state index in [-0.39, 0.29) is 23.3 Å². The molecule has 1 spiro atoms. The Morgan fingerprint density at radius 3 is 2.56 bits per heavy atom. The molecule has 0 aliphatic carbocycles. The van der Waals surface area contributed by atoms with Crippen LogP contribution < -0.4 is 5.32 Å². The molecular weight excluding hydrogens is 318 g/mol. The fourth-order valence-corrected chi connectivity index (χ4v) is 3.98. The van der Waals surface area contributed by atoms with Gasteiger partial charge in [-0.3, -0.25) is 19.6 Å². The highest BCUT2D eigenvalue weighted by Crippen LogP contribution is 2.43. The van der Waals surface area contributed by atoms with E-state index in [1.165, 1.54) is 12.4 Å². The summed E-state index contributed by atoms with van der Waals surface area (Å²) in [5, 5.41) is 3.19. The summed E-state index contributed by atoms with van der Waals surface area (Å²) in [4.78, 5) is 38.6. The molecule has 128 valence electrons. The van der Waals surface area contributed by atoms with Gasteiger partial charge in [0.1, 0.15) is 5.69 Å². The van der Waals surface area contributed by atoms with Crippen LogP contribution in [0, 0.1) is 0 Å². The number of hydrogen-bond donors (Lipinski definition) is 1. The van der Waals surface area contributed by atoms with Crippen LogP contribution in [0.5, 0.6) is 0 Å². The Balaban J connectivity index is 1.51. The first-order valence-corrected chi connectivity index (χ1v) is 8.44. The van der Waals surface area contributed by atoms with Gasteiger partial charge >= 0.3 is 0 Å². The maximum absolute atomic E-state index is 12.5. The van der Waals surface area contributed by atoms with E-state index >= 15 is 0 Å². The molecule has 1 atom stereocenters. The Bertz CT molecular complexity index is 773. The number of nitrogens with one attached hydrogen (secondary N) is 1. The SMILES string of the molecule is O=C1CC(c2ccncc2)C2(CCN(C(=O)c3cnccn3)CC2)N1. The number of amides is 2. The molecule has 0 radical (unpaired) electrons. The highest BCUT2D eigenvalue weighted by atomic mass is 16.2. The largest absolute Gasteiger partial charge is 0.350 e. The van der Waals surface area contributed by atoms with Crippen LogP contribution in [0.2, 0.25) is 0 Å². The number of piperidine rings is 1. The van der Waals surface area contributed by atoms with Gasteiger partial charge < -0.3 is 10.2 Å². The van der Waals surface area contributed by atoms with Crippen molar-refractivity contribution >= 4 is 11.8 Å². The fourth-order valence-electron chi connectivity index (χ4n) is 3.98. The number of nitrogens with zero attached hydrogens (tertiary/aromatic N) is 4. The van der Waals surface area contributed by atoms with Crippen LogP contribution in [0.15, 0.2) is 43.1 Å². The minimum absolute atomic E-state index is 0.0792. The topological polar surface area (TPSA) is 88.1 Å². The van der Waals surface area contributed by atoms with Crippen molar-refractivity contribution in [3.8, 4) is 0 Å². The summed E-state index contributed by atoms with van der Waals surface area (Å²) in [6.45, 7) is 1.19. The van der Waals surface area contributed by atoms with Gasteiger partial charge in [-0.05, 0) is 30.5 Å². The zero-order valence-corrected chi connectivity index (χ0v) is 13.8. The van der Waals surface area contributed by atoms with Crippen molar-refractivity contribution in [3.63, 3.8) is 0 Å². The number of pyridine rings is 1. The summed E-state index contributed by atoms with van der Waals surface area (Å²) in [6.07, 6.45) is 10.0. The molecule has 0 saturated carbocycles. The van der Waals surface area contributed by atoms with Gasteiger partial charge in [0, 0.05) is 50.2 Å². The number of aromatic nitrogens is 3. The van der Waals surface area contributed by atoms with Crippen molar-refractivity contribution in [1.29, 1.82) is 0 Å². The smallest absolute Gasteiger partial charge is 0.274 e. The standard InChI is InChI=1S/C18H19N5O2/c24-16-11-14(13-1-5-19-6-2-13)18(22-16)3-9-23(10-4-18)17(25)15-12-20-7-8-21-15/h1-2,5-8,12,14H,3-4,9-11H2,(H,22,24). The molecule has 4 heterocycles. The number of likely N-dealkylation sites (tertiary alicyclic amines) is 1. The zero-order chi connectivity index (χ0) is 17.3. The van der Waals surface area contributed by atoms with E-state index in [9.17, 15) is 9.59 Å². The van der Waals surface area contributed by atoms with E-state index in [4.69, 9.17) is 0 Å². The molecule has 2 amide bonds. The number of rotatable bonds is 2. The minimum atomic E-state index is -0.280. The summed E-state index contributed by atoms with van der Waals surface area (Å²) >= 11 is 0. The van der Waals surface area contributed by atoms with Crippen LogP contribution in [-0.2, 0) is 4.79 Å². The minimum Gasteiger partial charge on any atom is -0.350 e. The Hall–Kier alpha value is -2.83. The predicted octanol–water partition coefficient (Wildman–Crippen LogP) is 1.15. The fraction of sp³-hybridized carbons (Fsp3) is 0.389. The molecule has 7 heteroatoms. The second-order valence-corrected chi connectivity index (χ2v) is 6.62. The Kier molecular flexibility index (Phi) is 3.91. The van der Waals surface area contributed by atoms with E-state index in [0.29, 0.717) is 25.2 Å². The zero-order valence-electron chi connectivity index (χ0n) is 13.8. The third-order valence-electron chi connectivity index (χ3n) is 5.28. The van der Waals surface area contributed by atoms with E-state index in [2.05, 4.69) is 20.3 Å². The first kappa shape index (κ1) is 15.7. The quantitative estimate of drug-likeness (QED) is 0.888. The van der Waals surface area contributed by atoms with E-state index in [1.807, 2.05) is 12.1 Å². The molecule has 0 aromatic carbocycles. The third-order valence-corrected chi connectivity index (χ3v) is 5.28. The van der Waals surface area contributed by atoms with Crippen molar-refractivity contribution in [2.45, 2.75) is 30.7 Å². The van der Waals surface area contributed by atoms with Crippen molar-refractivity contribution < 1.29 is 9.59 Å². The third kappa shape index (κ3) is 2.86. The summed E-state index contributed by atoms with van der Waals surface area (Å²) in [5.41, 5.74) is 1.21. The summed E-state index contributed by atoms with van der Waals surface area (Å²) in [6, 6.07) is 3.95. The van der Waals surface area contributed by atoms with Crippen LogP contribution in [-0.4, -0.2) is 50.3 Å². The van der Waals surface area contributed by atoms with E-state index < -0.39 is 0 Å². The Morgan fingerprint density at radius 2 is 1.88 bits per heavy atom. The first-order valence-electron chi connectivity index (χ1n) is 8.44. The highest BCUT2D eigenvalue weighted by Gasteiger charge is 2.49. The second-order valence-electron chi connectivity index (χ2n) is 6.62. The lowest BCUT2D eigenvalue weighted by Crippen LogP contribution is -2.54. The normalized spacial score (nSPS) is 22.0. The molecule has 2 aliphatic heterocycles. The number of carbonyl (C=O) groups is 2. The van der Waals surface area contributed by atoms with Gasteiger partial charge in [0.15, 0.2) is 0 Å². The predicted molar refractivity (Wildman–Crippen MR) is 89.6 cm³/mol. The van der Waals surface area contributed by atoms with Gasteiger partial charge in [-0.25, -0.2) is 4.98 Å². The average Bonchev–Trinajstić information content (AvgIpc) is 2.99. The summed E-state index contributed by atoms with van der Waals surface area (Å²) < 4.78 is 0. The Morgan fingerprint density at radius 1 is 1.12 bits per heavy atom. The van der Waals surface area contributed by atoms with Crippen molar-refractivity contribution in [1.82, 2.24) is 25.2 Å². The van der Waals surface area contributed by atoms with E-state index in [0.717, 1.165) is 18.4 Å². The molecule has 2 fully saturated rings. The van der Waals surface area contributed by atoms with Crippen LogP contribution in [0.1, 0.15) is 41.2 Å². The van der Waals surface area contributed by atoms with E-state index in [1.54, 1.807) is 23.5 Å². The van der Waals surface area contributed by atoms with Gasteiger partial charge in [-0.15, -0.1) is 0 Å². The van der Waals surface area contributed by atoms with Crippen molar-refractivity contribution in [2.75, 3.05) is 13.1 Å². The van der Waals surface area contributed by atoms with Crippen LogP contribution in [0.3, 0.4) is 0 Å². The molecule has 2 aliphatic rings. The summed E-state index contributed by atoms with van der Waals surface area (Å²) in [5.74, 6) is 0.0972. The lowest BCUT2D eigenvalue weighted by Gasteiger charge is -2.42. The molecule has 25 heavy (non-hydrogen) atoms. The monoisotopic (exact) mass is 337 g/mol. The molecule has 7 nitrogen and oxygen atoms in total. The van der Waals surface area contributed by atoms with Crippen molar-refractivity contribution in [3.05, 3.63) is 54.4 Å². The van der Waals surface area contributed by atoms with Gasteiger partial charge in [-0.2, -0.15) is 0 Å². The second kappa shape index (κ2) is 6.23. The molecule has 0 bridgehead atoms. The lowest BCUT2D eigenvalue weighted by molar-refractivity contribution is -0.120. The van der Waals surface area contributed by atoms with Crippen molar-refractivity contribution in [2.24, 2.45) is 0 Å². The van der Waals surface area contributed by atoms with Crippen LogP contribution in [0.25, 0.3) is 0 Å². The average molecular weight is 337 g/mol. The van der Waals surface area contributed by atoms with Gasteiger partial charge in [0.2, 0.25) is 5.91 Å². The van der Waals surface area contributed by atoms with Gasteiger partial charge in [0.25, 0.3) is 5.91 Å². The molecule has 2 aromatic heterocycles. The van der Waals surface area contributed by atoms with Crippen LogP contribution >= 0.6 is 0 Å². The maximum Gasteiger partial charge on any atom is 0.274 e. The molecule has 1 N–H and O–H groups in total. The van der Waals surface area contributed by atoms with Gasteiger partial charge in [0.05, 0.1) is 11.7 Å². The molecule has 2 aromatic rings. The lowest BCUT2D eigenvalue weighted by atomic mass is 9.74. The number of carbonyl (C=O) groups excluding carboxylic acids is 2. The van der Waals surface area contributed by atoms with Crippen LogP contribution in [0.4, 0.5) is 0 Å². The maximum atomic E-state index is 12.5. The Labute approximate surface area is 145 Å². The molecular formula is C18H19N5O2. The molecule has 4 rings (SSSR count). The number of hydrogen-bond acceptors (Lipinski definition) is 5. The van der Waals surface area contributed by atoms with Gasteiger partial charge in [-0.1, -0.05) is 0 Å². The summed E-state index contributed by atoms with van der Waals surface area (Å²) in [7, 11) is 0. The molecule has 2 saturated heterocycles. The molecule has 1 unspecified atom stereocenters. The highest BCUT2D eigenvalue weighted by molar-refractivity contribution is 5.92.